The maximum Gasteiger partial charge on any atom is 1.00 e. The number of aliphatic carboxylic acids is 1. The van der Waals surface area contributed by atoms with Crippen molar-refractivity contribution in [2.24, 2.45) is 5.73 Å². The van der Waals surface area contributed by atoms with Crippen LogP contribution in [-0.2, 0) is 9.59 Å². The quantitative estimate of drug-likeness (QED) is 0.380. The van der Waals surface area contributed by atoms with E-state index in [9.17, 15) is 9.59 Å². The van der Waals surface area contributed by atoms with E-state index in [1.54, 1.807) is 0 Å². The van der Waals surface area contributed by atoms with Crippen molar-refractivity contribution < 1.29 is 45.7 Å². The van der Waals surface area contributed by atoms with E-state index in [1.807, 2.05) is 0 Å². The minimum absolute atomic E-state index is 0. The molecular formula is C15H30NNaO3. The average Bonchev–Trinajstić information content (AvgIpc) is 2.36. The number of nitrogens with two attached hydrogens (primary N) is 1. The summed E-state index contributed by atoms with van der Waals surface area (Å²) in [4.78, 5) is 21.9. The van der Waals surface area contributed by atoms with Crippen molar-refractivity contribution in [1.82, 2.24) is 0 Å². The zero-order valence-electron chi connectivity index (χ0n) is 14.2. The van der Waals surface area contributed by atoms with Gasteiger partial charge in [0.2, 0.25) is 0 Å². The summed E-state index contributed by atoms with van der Waals surface area (Å²) in [5.41, 5.74) is 5.31. The Morgan fingerprint density at radius 2 is 1.45 bits per heavy atom. The molecule has 0 fully saturated rings. The largest absolute Gasteiger partial charge is 1.00 e. The maximum atomic E-state index is 11.4. The fourth-order valence-corrected chi connectivity index (χ4v) is 2.07. The smallest absolute Gasteiger partial charge is 1.00 e. The van der Waals surface area contributed by atoms with Crippen LogP contribution >= 0.6 is 0 Å². The van der Waals surface area contributed by atoms with Crippen molar-refractivity contribution in [3.63, 3.8) is 0 Å². The molecule has 0 aromatic rings. The minimum Gasteiger partial charge on any atom is -1.00 e. The number of unbranched alkanes of at least 4 members (excludes halogenated alkanes) is 8. The topological polar surface area (TPSA) is 80.4 Å². The van der Waals surface area contributed by atoms with Gasteiger partial charge in [-0.05, 0) is 6.42 Å². The third-order valence-electron chi connectivity index (χ3n) is 3.32. The molecule has 0 aromatic carbocycles. The van der Waals surface area contributed by atoms with Gasteiger partial charge in [0.1, 0.15) is 11.8 Å². The predicted molar refractivity (Wildman–Crippen MR) is 78.2 cm³/mol. The van der Waals surface area contributed by atoms with Gasteiger partial charge in [0, 0.05) is 12.8 Å². The first-order valence-electron chi connectivity index (χ1n) is 7.58. The molecule has 0 aliphatic rings. The van der Waals surface area contributed by atoms with Crippen molar-refractivity contribution in [2.45, 2.75) is 83.6 Å². The molecule has 0 aliphatic carbocycles. The number of carbonyl (C=O) groups is 2. The molecule has 0 aromatic heterocycles. The van der Waals surface area contributed by atoms with E-state index < -0.39 is 12.0 Å². The summed E-state index contributed by atoms with van der Waals surface area (Å²) in [6, 6.07) is -1.04. The maximum absolute atomic E-state index is 11.4. The molecule has 0 radical (unpaired) electrons. The number of hydrogen-bond donors (Lipinski definition) is 2. The summed E-state index contributed by atoms with van der Waals surface area (Å²) in [5.74, 6) is -1.13. The Bertz CT molecular complexity index is 265. The Morgan fingerprint density at radius 3 is 1.90 bits per heavy atom. The van der Waals surface area contributed by atoms with Crippen LogP contribution in [0.3, 0.4) is 0 Å². The van der Waals surface area contributed by atoms with Crippen molar-refractivity contribution in [1.29, 1.82) is 0 Å². The second-order valence-electron chi connectivity index (χ2n) is 5.27. The Balaban J connectivity index is -0.00000162. The molecule has 0 aliphatic heterocycles. The van der Waals surface area contributed by atoms with Gasteiger partial charge < -0.3 is 12.3 Å². The number of hydrogen-bond acceptors (Lipinski definition) is 3. The van der Waals surface area contributed by atoms with Gasteiger partial charge in [0.05, 0.1) is 0 Å². The molecule has 3 N–H and O–H groups in total. The van der Waals surface area contributed by atoms with E-state index in [0.717, 1.165) is 12.8 Å². The molecule has 0 heterocycles. The second-order valence-corrected chi connectivity index (χ2v) is 5.27. The van der Waals surface area contributed by atoms with Crippen LogP contribution in [0.15, 0.2) is 0 Å². The summed E-state index contributed by atoms with van der Waals surface area (Å²) in [6.07, 6.45) is 11.3. The molecule has 0 rings (SSSR count). The zero-order chi connectivity index (χ0) is 14.5. The first-order valence-corrected chi connectivity index (χ1v) is 7.58. The van der Waals surface area contributed by atoms with Crippen LogP contribution in [-0.4, -0.2) is 22.9 Å². The Kier molecular flexibility index (Phi) is 17.3. The Morgan fingerprint density at radius 1 is 1.00 bits per heavy atom. The molecule has 20 heavy (non-hydrogen) atoms. The van der Waals surface area contributed by atoms with Gasteiger partial charge in [0.15, 0.2) is 0 Å². The fourth-order valence-electron chi connectivity index (χ4n) is 2.07. The van der Waals surface area contributed by atoms with Crippen molar-refractivity contribution >= 4 is 11.8 Å². The molecule has 0 unspecified atom stereocenters. The van der Waals surface area contributed by atoms with Crippen LogP contribution in [0.2, 0.25) is 0 Å². The standard InChI is InChI=1S/C15H29NO3.Na.H/c1-2-3-4-5-6-7-8-9-10-11-13(17)12-14(16)15(18)19;;/h14H,2-12,16H2,1H3,(H,18,19);;/q;+1;-1/t14-;;/m1../s1. The number of carboxylic acids is 1. The number of rotatable bonds is 13. The molecule has 0 spiro atoms. The van der Waals surface area contributed by atoms with Gasteiger partial charge in [-0.1, -0.05) is 58.3 Å². The van der Waals surface area contributed by atoms with E-state index in [2.05, 4.69) is 6.92 Å². The molecule has 5 heteroatoms. The van der Waals surface area contributed by atoms with E-state index >= 15 is 0 Å². The molecule has 4 nitrogen and oxygen atoms in total. The molecule has 0 saturated heterocycles. The molecule has 0 bridgehead atoms. The second kappa shape index (κ2) is 15.5. The third-order valence-corrected chi connectivity index (χ3v) is 3.32. The summed E-state index contributed by atoms with van der Waals surface area (Å²) >= 11 is 0. The minimum atomic E-state index is -1.10. The van der Waals surface area contributed by atoms with Gasteiger partial charge in [-0.3, -0.25) is 9.59 Å². The Hall–Kier alpha value is 0.100. The van der Waals surface area contributed by atoms with Crippen molar-refractivity contribution in [3.05, 3.63) is 0 Å². The van der Waals surface area contributed by atoms with Gasteiger partial charge >= 0.3 is 35.5 Å². The molecule has 0 saturated carbocycles. The van der Waals surface area contributed by atoms with E-state index in [0.29, 0.717) is 6.42 Å². The summed E-state index contributed by atoms with van der Waals surface area (Å²) < 4.78 is 0. The molecular weight excluding hydrogens is 265 g/mol. The summed E-state index contributed by atoms with van der Waals surface area (Å²) in [7, 11) is 0. The number of Topliss-reactive ketones (excluding diaryl/α,β-unsaturated/α-hetero) is 1. The number of ketones is 1. The van der Waals surface area contributed by atoms with Gasteiger partial charge in [0.25, 0.3) is 0 Å². The van der Waals surface area contributed by atoms with Crippen LogP contribution in [0.25, 0.3) is 0 Å². The van der Waals surface area contributed by atoms with Crippen LogP contribution < -0.4 is 35.3 Å². The summed E-state index contributed by atoms with van der Waals surface area (Å²) in [5, 5.41) is 8.58. The van der Waals surface area contributed by atoms with Gasteiger partial charge in [-0.25, -0.2) is 0 Å². The molecule has 0 amide bonds. The molecule has 114 valence electrons. The van der Waals surface area contributed by atoms with E-state index in [4.69, 9.17) is 10.8 Å². The summed E-state index contributed by atoms with van der Waals surface area (Å²) in [6.45, 7) is 2.22. The predicted octanol–water partition coefficient (Wildman–Crippen LogP) is 0.395. The van der Waals surface area contributed by atoms with Crippen molar-refractivity contribution in [3.8, 4) is 0 Å². The first kappa shape index (κ1) is 22.4. The average molecular weight is 295 g/mol. The van der Waals surface area contributed by atoms with Gasteiger partial charge in [-0.2, -0.15) is 0 Å². The van der Waals surface area contributed by atoms with Crippen LogP contribution in [0, 0.1) is 0 Å². The SMILES string of the molecule is CCCCCCCCCCCC(=O)C[C@@H](N)C(=O)O.[H-].[Na+]. The van der Waals surface area contributed by atoms with Crippen LogP contribution in [0.1, 0.15) is 79.0 Å². The number of carboxylic acid groups (broad SMARTS) is 1. The first-order chi connectivity index (χ1) is 9.07. The van der Waals surface area contributed by atoms with E-state index in [-0.39, 0.29) is 43.2 Å². The third kappa shape index (κ3) is 14.5. The Labute approximate surface area is 146 Å². The van der Waals surface area contributed by atoms with E-state index in [1.165, 1.54) is 44.9 Å². The fraction of sp³-hybridized carbons (Fsp3) is 0.867. The van der Waals surface area contributed by atoms with Crippen LogP contribution in [0.5, 0.6) is 0 Å². The zero-order valence-corrected chi connectivity index (χ0v) is 15.2. The van der Waals surface area contributed by atoms with Crippen LogP contribution in [0.4, 0.5) is 0 Å². The normalized spacial score (nSPS) is 11.7. The number of carbonyl (C=O) groups excluding carboxylic acids is 1. The molecule has 1 atom stereocenters. The monoisotopic (exact) mass is 295 g/mol. The van der Waals surface area contributed by atoms with Crippen molar-refractivity contribution in [2.75, 3.05) is 0 Å². The van der Waals surface area contributed by atoms with Gasteiger partial charge in [-0.15, -0.1) is 0 Å².